The number of anilines is 2. The molecule has 0 aliphatic carbocycles. The summed E-state index contributed by atoms with van der Waals surface area (Å²) in [5.74, 6) is 0.547. The van der Waals surface area contributed by atoms with Crippen molar-refractivity contribution in [3.63, 3.8) is 0 Å². The summed E-state index contributed by atoms with van der Waals surface area (Å²) in [5, 5.41) is 3.56. The summed E-state index contributed by atoms with van der Waals surface area (Å²) in [5.41, 5.74) is 5.82. The number of fused-ring (bicyclic) bond motifs is 2. The van der Waals surface area contributed by atoms with Crippen molar-refractivity contribution in [3.05, 3.63) is 54.1 Å². The lowest BCUT2D eigenvalue weighted by Crippen LogP contribution is -2.33. The first-order chi connectivity index (χ1) is 10.8. The van der Waals surface area contributed by atoms with Crippen LogP contribution in [0.1, 0.15) is 18.4 Å². The third-order valence-electron chi connectivity index (χ3n) is 4.72. The molecule has 1 fully saturated rings. The molecule has 22 heavy (non-hydrogen) atoms. The number of para-hydroxylation sites is 3. The van der Waals surface area contributed by atoms with Crippen molar-refractivity contribution in [3.8, 4) is 0 Å². The van der Waals surface area contributed by atoms with Crippen LogP contribution in [0.4, 0.5) is 17.1 Å². The van der Waals surface area contributed by atoms with Gasteiger partial charge in [0.15, 0.2) is 0 Å². The second kappa shape index (κ2) is 5.58. The Morgan fingerprint density at radius 1 is 0.955 bits per heavy atom. The number of rotatable bonds is 1. The maximum Gasteiger partial charge on any atom is 0.0868 e. The Bertz CT molecular complexity index is 712. The van der Waals surface area contributed by atoms with E-state index >= 15 is 0 Å². The molecule has 1 N–H and O–H groups in total. The molecule has 112 valence electrons. The first kappa shape index (κ1) is 13.5. The molecule has 0 unspecified atom stereocenters. The molecule has 2 aromatic rings. The Kier molecular flexibility index (Phi) is 3.43. The predicted octanol–water partition coefficient (Wildman–Crippen LogP) is 4.21. The first-order valence-electron chi connectivity index (χ1n) is 8.04. The van der Waals surface area contributed by atoms with Crippen molar-refractivity contribution in [2.24, 2.45) is 10.9 Å². The molecule has 0 aromatic heterocycles. The highest BCUT2D eigenvalue weighted by molar-refractivity contribution is 6.10. The van der Waals surface area contributed by atoms with Gasteiger partial charge in [-0.2, -0.15) is 0 Å². The van der Waals surface area contributed by atoms with E-state index in [1.54, 1.807) is 0 Å². The maximum atomic E-state index is 5.06. The standard InChI is InChI=1S/C19H21N3/c1-22-12-10-14(11-13-22)19-15-6-2-3-7-16(15)20-17-8-4-5-9-18(17)21-19/h2-9,14,20H,10-13H2,1H3/i1-1. The van der Waals surface area contributed by atoms with Gasteiger partial charge in [0.25, 0.3) is 0 Å². The maximum absolute atomic E-state index is 5.06. The molecule has 3 heteroatoms. The minimum Gasteiger partial charge on any atom is -0.353 e. The lowest BCUT2D eigenvalue weighted by atomic mass is 9.87. The number of likely N-dealkylation sites (tertiary alicyclic amines) is 1. The van der Waals surface area contributed by atoms with E-state index in [0.717, 1.165) is 24.5 Å². The van der Waals surface area contributed by atoms with Crippen molar-refractivity contribution in [1.82, 2.24) is 4.90 Å². The van der Waals surface area contributed by atoms with Gasteiger partial charge in [-0.3, -0.25) is 4.99 Å². The fraction of sp³-hybridized carbons (Fsp3) is 0.316. The van der Waals surface area contributed by atoms with Crippen LogP contribution >= 0.6 is 0 Å². The molecule has 2 aliphatic rings. The Balaban J connectivity index is 1.82. The number of nitrogens with one attached hydrogen (secondary N) is 1. The van der Waals surface area contributed by atoms with E-state index in [2.05, 4.69) is 65.8 Å². The fourth-order valence-corrected chi connectivity index (χ4v) is 3.42. The molecular weight excluding hydrogens is 269 g/mol. The van der Waals surface area contributed by atoms with E-state index in [-0.39, 0.29) is 0 Å². The summed E-state index contributed by atoms with van der Waals surface area (Å²) in [6.07, 6.45) is 2.37. The molecule has 0 spiro atoms. The average Bonchev–Trinajstić information content (AvgIpc) is 2.72. The molecule has 3 nitrogen and oxygen atoms in total. The summed E-state index contributed by atoms with van der Waals surface area (Å²) in [7, 11) is 2.20. The van der Waals surface area contributed by atoms with Gasteiger partial charge in [-0.25, -0.2) is 0 Å². The summed E-state index contributed by atoms with van der Waals surface area (Å²) < 4.78 is 0. The van der Waals surface area contributed by atoms with E-state index in [1.165, 1.54) is 29.8 Å². The van der Waals surface area contributed by atoms with Gasteiger partial charge in [-0.1, -0.05) is 30.3 Å². The quantitative estimate of drug-likeness (QED) is 0.852. The van der Waals surface area contributed by atoms with Crippen molar-refractivity contribution in [1.29, 1.82) is 0 Å². The zero-order chi connectivity index (χ0) is 14.9. The van der Waals surface area contributed by atoms with Crippen LogP contribution in [0.2, 0.25) is 0 Å². The number of hydrogen-bond acceptors (Lipinski definition) is 3. The predicted molar refractivity (Wildman–Crippen MR) is 92.6 cm³/mol. The van der Waals surface area contributed by atoms with E-state index in [0.29, 0.717) is 5.92 Å². The fourth-order valence-electron chi connectivity index (χ4n) is 3.42. The molecule has 0 radical (unpaired) electrons. The van der Waals surface area contributed by atoms with Crippen LogP contribution in [-0.4, -0.2) is 30.7 Å². The third kappa shape index (κ3) is 2.42. The minimum atomic E-state index is 0.547. The molecule has 0 bridgehead atoms. The van der Waals surface area contributed by atoms with Crippen LogP contribution < -0.4 is 5.32 Å². The van der Waals surface area contributed by atoms with Gasteiger partial charge in [-0.15, -0.1) is 0 Å². The highest BCUT2D eigenvalue weighted by atomic mass is 15.0. The van der Waals surface area contributed by atoms with Crippen molar-refractivity contribution < 1.29 is 0 Å². The summed E-state index contributed by atoms with van der Waals surface area (Å²) in [4.78, 5) is 7.47. The lowest BCUT2D eigenvalue weighted by molar-refractivity contribution is 0.252. The van der Waals surface area contributed by atoms with Gasteiger partial charge in [0, 0.05) is 17.2 Å². The smallest absolute Gasteiger partial charge is 0.0868 e. The van der Waals surface area contributed by atoms with Gasteiger partial charge < -0.3 is 10.2 Å². The molecule has 0 atom stereocenters. The molecule has 2 aromatic carbocycles. The zero-order valence-electron chi connectivity index (χ0n) is 12.9. The molecule has 4 rings (SSSR count). The van der Waals surface area contributed by atoms with Gasteiger partial charge in [0.2, 0.25) is 0 Å². The Hall–Kier alpha value is -2.13. The Morgan fingerprint density at radius 3 is 2.45 bits per heavy atom. The molecule has 2 heterocycles. The van der Waals surface area contributed by atoms with Gasteiger partial charge >= 0.3 is 0 Å². The van der Waals surface area contributed by atoms with Crippen molar-refractivity contribution >= 4 is 22.8 Å². The van der Waals surface area contributed by atoms with Crippen LogP contribution in [0.25, 0.3) is 0 Å². The van der Waals surface area contributed by atoms with Crippen LogP contribution in [-0.2, 0) is 0 Å². The number of aliphatic imine (C=N–C) groups is 1. The summed E-state index contributed by atoms with van der Waals surface area (Å²) in [6.45, 7) is 2.31. The molecular formula is C19H21N3. The van der Waals surface area contributed by atoms with Gasteiger partial charge in [0.05, 0.1) is 17.1 Å². The number of benzene rings is 2. The van der Waals surface area contributed by atoms with Crippen LogP contribution in [0.3, 0.4) is 0 Å². The molecule has 2 aliphatic heterocycles. The Labute approximate surface area is 131 Å². The van der Waals surface area contributed by atoms with E-state index in [9.17, 15) is 0 Å². The highest BCUT2D eigenvalue weighted by Gasteiger charge is 2.26. The summed E-state index contributed by atoms with van der Waals surface area (Å²) >= 11 is 0. The van der Waals surface area contributed by atoms with E-state index in [1.807, 2.05) is 0 Å². The largest absolute Gasteiger partial charge is 0.353 e. The van der Waals surface area contributed by atoms with Crippen LogP contribution in [0.5, 0.6) is 0 Å². The normalized spacial score (nSPS) is 18.7. The first-order valence-corrected chi connectivity index (χ1v) is 8.04. The minimum absolute atomic E-state index is 0.547. The second-order valence-electron chi connectivity index (χ2n) is 6.26. The average molecular weight is 290 g/mol. The van der Waals surface area contributed by atoms with Crippen molar-refractivity contribution in [2.45, 2.75) is 12.8 Å². The zero-order valence-corrected chi connectivity index (χ0v) is 12.9. The topological polar surface area (TPSA) is 27.6 Å². The van der Waals surface area contributed by atoms with E-state index in [4.69, 9.17) is 4.99 Å². The summed E-state index contributed by atoms with van der Waals surface area (Å²) in [6, 6.07) is 16.9. The Morgan fingerprint density at radius 2 is 1.64 bits per heavy atom. The molecule has 0 saturated carbocycles. The third-order valence-corrected chi connectivity index (χ3v) is 4.72. The SMILES string of the molecule is [11CH3]N1CCC(C2=Nc3ccccc3Nc3ccccc32)CC1. The monoisotopic (exact) mass is 290 g/mol. The number of hydrogen-bond donors (Lipinski definition) is 1. The van der Waals surface area contributed by atoms with Crippen LogP contribution in [0.15, 0.2) is 53.5 Å². The van der Waals surface area contributed by atoms with Gasteiger partial charge in [0.1, 0.15) is 0 Å². The lowest BCUT2D eigenvalue weighted by Gasteiger charge is -2.30. The molecule has 1 saturated heterocycles. The van der Waals surface area contributed by atoms with E-state index < -0.39 is 0 Å². The second-order valence-corrected chi connectivity index (χ2v) is 6.26. The molecule has 0 amide bonds. The van der Waals surface area contributed by atoms with Crippen LogP contribution in [0, 0.1) is 5.92 Å². The highest BCUT2D eigenvalue weighted by Crippen LogP contribution is 2.36. The van der Waals surface area contributed by atoms with Crippen molar-refractivity contribution in [2.75, 3.05) is 25.5 Å². The van der Waals surface area contributed by atoms with Gasteiger partial charge in [-0.05, 0) is 51.2 Å². The number of piperidine rings is 1. The number of nitrogens with zero attached hydrogens (tertiary/aromatic N) is 2.